The van der Waals surface area contributed by atoms with Gasteiger partial charge in [0.1, 0.15) is 11.9 Å². The van der Waals surface area contributed by atoms with Crippen molar-refractivity contribution in [1.29, 1.82) is 0 Å². The van der Waals surface area contributed by atoms with E-state index in [2.05, 4.69) is 15.6 Å². The van der Waals surface area contributed by atoms with Gasteiger partial charge in [0.15, 0.2) is 11.5 Å². The Morgan fingerprint density at radius 1 is 1.25 bits per heavy atom. The largest absolute Gasteiger partial charge is 0.493 e. The molecule has 0 saturated heterocycles. The number of benzene rings is 2. The molecule has 3 aromatic rings. The second-order valence-corrected chi connectivity index (χ2v) is 8.08. The van der Waals surface area contributed by atoms with Gasteiger partial charge in [0.2, 0.25) is 10.7 Å². The summed E-state index contributed by atoms with van der Waals surface area (Å²) in [6.07, 6.45) is 0.485. The van der Waals surface area contributed by atoms with Crippen molar-refractivity contribution in [1.82, 2.24) is 14.9 Å². The Balaban J connectivity index is 1.48. The number of methoxy groups -OCH3 is 2. The van der Waals surface area contributed by atoms with Crippen LogP contribution >= 0.6 is 23.8 Å². The number of hydrogen-bond donors (Lipinski definition) is 2. The predicted octanol–water partition coefficient (Wildman–Crippen LogP) is 3.97. The summed E-state index contributed by atoms with van der Waals surface area (Å²) in [4.78, 5) is 29.7. The lowest BCUT2D eigenvalue weighted by Crippen LogP contribution is -2.29. The van der Waals surface area contributed by atoms with Crippen molar-refractivity contribution in [3.8, 4) is 11.5 Å². The number of ether oxygens (including phenoxy) is 2. The van der Waals surface area contributed by atoms with Crippen LogP contribution in [0, 0.1) is 4.77 Å². The number of nitrogens with one attached hydrogen (secondary N) is 2. The van der Waals surface area contributed by atoms with Gasteiger partial charge in [-0.25, -0.2) is 9.55 Å². The average Bonchev–Trinajstić information content (AvgIpc) is 3.12. The van der Waals surface area contributed by atoms with Crippen LogP contribution < -0.4 is 20.1 Å². The minimum absolute atomic E-state index is 0.144. The van der Waals surface area contributed by atoms with Gasteiger partial charge in [0.05, 0.1) is 19.7 Å². The van der Waals surface area contributed by atoms with E-state index in [1.165, 1.54) is 18.8 Å². The van der Waals surface area contributed by atoms with E-state index in [0.717, 1.165) is 5.56 Å². The molecule has 1 aromatic heterocycles. The molecule has 0 spiro atoms. The topological polar surface area (TPSA) is 94.5 Å². The van der Waals surface area contributed by atoms with Crippen LogP contribution in [0.5, 0.6) is 11.5 Å². The Labute approximate surface area is 194 Å². The number of carbonyl (C=O) groups excluding carboxylic acids is 2. The lowest BCUT2D eigenvalue weighted by atomic mass is 10.1. The fraction of sp³-hybridized carbons (Fsp3) is 0.273. The SMILES string of the molecule is COc1cc2nc(=S)n3c(c2cc1OC)N[C@@H](CCC(=O)NCc1cccc(Cl)c1)C3=O. The highest BCUT2D eigenvalue weighted by atomic mass is 35.5. The standard InChI is InChI=1S/C22H21ClN4O4S/c1-30-17-9-14-16(10-18(17)31-2)26-22(32)27-20(14)25-15(21(27)29)6-7-19(28)24-11-12-4-3-5-13(23)8-12/h3-5,8-10,15,25H,6-7,11H2,1-2H3,(H,24,28)/t15-/m0/s1. The van der Waals surface area contributed by atoms with E-state index in [4.69, 9.17) is 33.3 Å². The number of nitrogens with zero attached hydrogens (tertiary/aromatic N) is 2. The van der Waals surface area contributed by atoms with Crippen LogP contribution in [0.4, 0.5) is 5.82 Å². The second-order valence-electron chi connectivity index (χ2n) is 7.28. The molecule has 166 valence electrons. The normalized spacial score (nSPS) is 14.7. The Hall–Kier alpha value is -3.17. The van der Waals surface area contributed by atoms with Gasteiger partial charge in [-0.05, 0) is 42.4 Å². The monoisotopic (exact) mass is 472 g/mol. The first-order valence-corrected chi connectivity index (χ1v) is 10.7. The molecule has 0 unspecified atom stereocenters. The molecule has 0 saturated carbocycles. The minimum atomic E-state index is -0.589. The van der Waals surface area contributed by atoms with Crippen molar-refractivity contribution in [2.45, 2.75) is 25.4 Å². The van der Waals surface area contributed by atoms with E-state index < -0.39 is 6.04 Å². The van der Waals surface area contributed by atoms with Crippen LogP contribution in [0.15, 0.2) is 36.4 Å². The summed E-state index contributed by atoms with van der Waals surface area (Å²) in [5.74, 6) is 1.17. The molecule has 10 heteroatoms. The predicted molar refractivity (Wildman–Crippen MR) is 124 cm³/mol. The van der Waals surface area contributed by atoms with Crippen LogP contribution in [-0.4, -0.2) is 41.6 Å². The third-order valence-electron chi connectivity index (χ3n) is 5.26. The second kappa shape index (κ2) is 9.13. The zero-order valence-corrected chi connectivity index (χ0v) is 19.0. The number of carbonyl (C=O) groups is 2. The molecule has 1 aliphatic rings. The summed E-state index contributed by atoms with van der Waals surface area (Å²) in [5.41, 5.74) is 1.49. The molecular weight excluding hydrogens is 452 g/mol. The molecule has 2 N–H and O–H groups in total. The maximum atomic E-state index is 13.0. The van der Waals surface area contributed by atoms with E-state index in [1.54, 1.807) is 24.3 Å². The number of amides is 1. The van der Waals surface area contributed by atoms with Crippen LogP contribution in [0.3, 0.4) is 0 Å². The van der Waals surface area contributed by atoms with Crippen molar-refractivity contribution in [3.63, 3.8) is 0 Å². The molecule has 0 radical (unpaired) electrons. The van der Waals surface area contributed by atoms with E-state index >= 15 is 0 Å². The van der Waals surface area contributed by atoms with Gasteiger partial charge >= 0.3 is 0 Å². The maximum absolute atomic E-state index is 13.0. The summed E-state index contributed by atoms with van der Waals surface area (Å²) < 4.78 is 12.2. The molecule has 1 amide bonds. The molecule has 4 rings (SSSR count). The Bertz CT molecular complexity index is 1280. The first-order chi connectivity index (χ1) is 15.4. The number of hydrogen-bond acceptors (Lipinski definition) is 7. The van der Waals surface area contributed by atoms with E-state index in [1.807, 2.05) is 12.1 Å². The van der Waals surface area contributed by atoms with Gasteiger partial charge in [-0.15, -0.1) is 0 Å². The minimum Gasteiger partial charge on any atom is -0.493 e. The van der Waals surface area contributed by atoms with E-state index in [9.17, 15) is 9.59 Å². The molecule has 1 aliphatic heterocycles. The number of halogens is 1. The first kappa shape index (κ1) is 22.0. The average molecular weight is 473 g/mol. The number of anilines is 1. The van der Waals surface area contributed by atoms with Gasteiger partial charge < -0.3 is 20.1 Å². The van der Waals surface area contributed by atoms with Crippen LogP contribution in [0.25, 0.3) is 10.9 Å². The Morgan fingerprint density at radius 2 is 2.00 bits per heavy atom. The number of rotatable bonds is 7. The molecular formula is C22H21ClN4O4S. The Kier molecular flexibility index (Phi) is 6.29. The molecule has 2 aromatic carbocycles. The lowest BCUT2D eigenvalue weighted by molar-refractivity contribution is -0.121. The zero-order chi connectivity index (χ0) is 22.8. The molecule has 1 atom stereocenters. The highest BCUT2D eigenvalue weighted by Gasteiger charge is 2.32. The van der Waals surface area contributed by atoms with Crippen molar-refractivity contribution < 1.29 is 19.1 Å². The lowest BCUT2D eigenvalue weighted by Gasteiger charge is -2.12. The van der Waals surface area contributed by atoms with Gasteiger partial charge in [0, 0.05) is 29.4 Å². The van der Waals surface area contributed by atoms with Gasteiger partial charge in [-0.2, -0.15) is 0 Å². The summed E-state index contributed by atoms with van der Waals surface area (Å²) in [6.45, 7) is 0.368. The smallest absolute Gasteiger partial charge is 0.257 e. The summed E-state index contributed by atoms with van der Waals surface area (Å²) in [5, 5.41) is 7.35. The summed E-state index contributed by atoms with van der Waals surface area (Å²) in [6, 6.07) is 10.2. The maximum Gasteiger partial charge on any atom is 0.257 e. The van der Waals surface area contributed by atoms with Crippen molar-refractivity contribution >= 4 is 52.4 Å². The molecule has 0 bridgehead atoms. The molecule has 2 heterocycles. The van der Waals surface area contributed by atoms with Gasteiger partial charge in [-0.1, -0.05) is 23.7 Å². The molecule has 8 nitrogen and oxygen atoms in total. The molecule has 32 heavy (non-hydrogen) atoms. The van der Waals surface area contributed by atoms with E-state index in [0.29, 0.717) is 46.2 Å². The quantitative estimate of drug-likeness (QED) is 0.502. The molecule has 0 aliphatic carbocycles. The van der Waals surface area contributed by atoms with Crippen molar-refractivity contribution in [3.05, 3.63) is 51.8 Å². The fourth-order valence-electron chi connectivity index (χ4n) is 3.66. The van der Waals surface area contributed by atoms with Crippen molar-refractivity contribution in [2.75, 3.05) is 19.5 Å². The van der Waals surface area contributed by atoms with Gasteiger partial charge in [-0.3, -0.25) is 9.59 Å². The highest BCUT2D eigenvalue weighted by Crippen LogP contribution is 2.36. The summed E-state index contributed by atoms with van der Waals surface area (Å²) >= 11 is 11.3. The fourth-order valence-corrected chi connectivity index (χ4v) is 4.15. The Morgan fingerprint density at radius 3 is 2.72 bits per heavy atom. The van der Waals surface area contributed by atoms with Crippen LogP contribution in [-0.2, 0) is 11.3 Å². The van der Waals surface area contributed by atoms with Crippen LogP contribution in [0.1, 0.15) is 23.2 Å². The third-order valence-corrected chi connectivity index (χ3v) is 5.77. The highest BCUT2D eigenvalue weighted by molar-refractivity contribution is 7.71. The summed E-state index contributed by atoms with van der Waals surface area (Å²) in [7, 11) is 3.07. The van der Waals surface area contributed by atoms with Gasteiger partial charge in [0.25, 0.3) is 5.91 Å². The number of fused-ring (bicyclic) bond motifs is 3. The first-order valence-electron chi connectivity index (χ1n) is 9.92. The third kappa shape index (κ3) is 4.26. The van der Waals surface area contributed by atoms with E-state index in [-0.39, 0.29) is 23.0 Å². The van der Waals surface area contributed by atoms with Crippen LogP contribution in [0.2, 0.25) is 5.02 Å². The zero-order valence-electron chi connectivity index (χ0n) is 17.5. The molecule has 0 fully saturated rings. The van der Waals surface area contributed by atoms with Crippen molar-refractivity contribution in [2.24, 2.45) is 0 Å². The number of aromatic nitrogens is 2.